The van der Waals surface area contributed by atoms with E-state index in [2.05, 4.69) is 34.0 Å². The fraction of sp³-hybridized carbons (Fsp3) is 0.692. The third-order valence-corrected chi connectivity index (χ3v) is 2.73. The number of aliphatic hydroxyl groups excluding tert-OH is 1. The van der Waals surface area contributed by atoms with Crippen LogP contribution in [-0.4, -0.2) is 46.2 Å². The van der Waals surface area contributed by atoms with Crippen LogP contribution in [0.5, 0.6) is 0 Å². The molecule has 5 nitrogen and oxygen atoms in total. The van der Waals surface area contributed by atoms with Crippen LogP contribution in [0.3, 0.4) is 0 Å². The van der Waals surface area contributed by atoms with E-state index in [1.54, 1.807) is 6.20 Å². The quantitative estimate of drug-likeness (QED) is 0.697. The van der Waals surface area contributed by atoms with Crippen molar-refractivity contribution in [2.75, 3.05) is 31.6 Å². The van der Waals surface area contributed by atoms with Crippen LogP contribution in [0, 0.1) is 0 Å². The van der Waals surface area contributed by atoms with E-state index in [0.29, 0.717) is 0 Å². The predicted molar refractivity (Wildman–Crippen MR) is 73.5 cm³/mol. The second kappa shape index (κ2) is 8.83. The summed E-state index contributed by atoms with van der Waals surface area (Å²) in [5.41, 5.74) is 0.969. The van der Waals surface area contributed by atoms with Gasteiger partial charge in [0, 0.05) is 26.2 Å². The van der Waals surface area contributed by atoms with Crippen molar-refractivity contribution in [2.24, 2.45) is 0 Å². The van der Waals surface area contributed by atoms with Gasteiger partial charge in [0.15, 0.2) is 0 Å². The highest BCUT2D eigenvalue weighted by Crippen LogP contribution is 2.04. The number of hydrogen-bond acceptors (Lipinski definition) is 5. The Bertz CT molecular complexity index is 315. The molecule has 0 saturated carbocycles. The number of hydrogen-bond donors (Lipinski definition) is 2. The Kier molecular flexibility index (Phi) is 7.29. The lowest BCUT2D eigenvalue weighted by Gasteiger charge is -2.19. The van der Waals surface area contributed by atoms with Gasteiger partial charge in [-0.25, -0.2) is 4.98 Å². The van der Waals surface area contributed by atoms with Gasteiger partial charge in [0.25, 0.3) is 0 Å². The SMILES string of the molecule is CCCNc1cnc(CN(CC)CCCO)cn1. The van der Waals surface area contributed by atoms with Crippen LogP contribution in [0.2, 0.25) is 0 Å². The van der Waals surface area contributed by atoms with Gasteiger partial charge < -0.3 is 10.4 Å². The zero-order valence-corrected chi connectivity index (χ0v) is 11.4. The van der Waals surface area contributed by atoms with Crippen molar-refractivity contribution in [3.63, 3.8) is 0 Å². The molecule has 0 spiro atoms. The van der Waals surface area contributed by atoms with Crippen molar-refractivity contribution in [1.82, 2.24) is 14.9 Å². The average molecular weight is 252 g/mol. The van der Waals surface area contributed by atoms with E-state index in [1.165, 1.54) is 0 Å². The van der Waals surface area contributed by atoms with E-state index in [9.17, 15) is 0 Å². The summed E-state index contributed by atoms with van der Waals surface area (Å²) in [4.78, 5) is 11.0. The molecule has 1 aromatic heterocycles. The van der Waals surface area contributed by atoms with Crippen LogP contribution >= 0.6 is 0 Å². The van der Waals surface area contributed by atoms with Crippen molar-refractivity contribution < 1.29 is 5.11 Å². The Hall–Kier alpha value is -1.20. The van der Waals surface area contributed by atoms with Crippen molar-refractivity contribution in [3.05, 3.63) is 18.1 Å². The van der Waals surface area contributed by atoms with Gasteiger partial charge in [-0.15, -0.1) is 0 Å². The molecule has 2 N–H and O–H groups in total. The van der Waals surface area contributed by atoms with E-state index in [1.807, 2.05) is 6.20 Å². The summed E-state index contributed by atoms with van der Waals surface area (Å²) in [5.74, 6) is 0.832. The van der Waals surface area contributed by atoms with Crippen LogP contribution in [0.15, 0.2) is 12.4 Å². The summed E-state index contributed by atoms with van der Waals surface area (Å²) < 4.78 is 0. The Morgan fingerprint density at radius 1 is 1.28 bits per heavy atom. The number of aliphatic hydroxyl groups is 1. The average Bonchev–Trinajstić information content (AvgIpc) is 2.42. The highest BCUT2D eigenvalue weighted by Gasteiger charge is 2.04. The zero-order valence-electron chi connectivity index (χ0n) is 11.4. The number of nitrogens with zero attached hydrogens (tertiary/aromatic N) is 3. The van der Waals surface area contributed by atoms with Crippen molar-refractivity contribution in [3.8, 4) is 0 Å². The minimum atomic E-state index is 0.238. The molecule has 102 valence electrons. The lowest BCUT2D eigenvalue weighted by atomic mass is 10.3. The molecule has 0 unspecified atom stereocenters. The fourth-order valence-electron chi connectivity index (χ4n) is 1.65. The Balaban J connectivity index is 2.45. The first-order valence-corrected chi connectivity index (χ1v) is 6.68. The van der Waals surface area contributed by atoms with Crippen LogP contribution in [0.1, 0.15) is 32.4 Å². The topological polar surface area (TPSA) is 61.3 Å². The molecular formula is C13H24N4O. The third-order valence-electron chi connectivity index (χ3n) is 2.73. The molecule has 0 fully saturated rings. The summed E-state index contributed by atoms with van der Waals surface area (Å²) >= 11 is 0. The Morgan fingerprint density at radius 2 is 2.11 bits per heavy atom. The van der Waals surface area contributed by atoms with Gasteiger partial charge >= 0.3 is 0 Å². The van der Waals surface area contributed by atoms with Gasteiger partial charge in [0.1, 0.15) is 5.82 Å². The maximum atomic E-state index is 8.83. The number of anilines is 1. The van der Waals surface area contributed by atoms with Gasteiger partial charge in [0.05, 0.1) is 18.1 Å². The standard InChI is InChI=1S/C13H24N4O/c1-3-6-14-13-10-15-12(9-16-13)11-17(4-2)7-5-8-18/h9-10,18H,3-8,11H2,1-2H3,(H,14,16). The van der Waals surface area contributed by atoms with Crippen molar-refractivity contribution >= 4 is 5.82 Å². The molecule has 0 aromatic carbocycles. The highest BCUT2D eigenvalue weighted by atomic mass is 16.3. The van der Waals surface area contributed by atoms with E-state index in [-0.39, 0.29) is 6.61 Å². The van der Waals surface area contributed by atoms with E-state index in [4.69, 9.17) is 5.11 Å². The molecule has 1 aromatic rings. The molecule has 0 saturated heterocycles. The van der Waals surface area contributed by atoms with Crippen LogP contribution in [-0.2, 0) is 6.54 Å². The smallest absolute Gasteiger partial charge is 0.144 e. The molecular weight excluding hydrogens is 228 g/mol. The highest BCUT2D eigenvalue weighted by molar-refractivity contribution is 5.30. The maximum absolute atomic E-state index is 8.83. The molecule has 0 aliphatic heterocycles. The predicted octanol–water partition coefficient (Wildman–Crippen LogP) is 1.50. The monoisotopic (exact) mass is 252 g/mol. The minimum absolute atomic E-state index is 0.238. The van der Waals surface area contributed by atoms with Gasteiger partial charge in [-0.05, 0) is 19.4 Å². The lowest BCUT2D eigenvalue weighted by molar-refractivity contribution is 0.224. The second-order valence-electron chi connectivity index (χ2n) is 4.27. The first-order chi connectivity index (χ1) is 8.80. The summed E-state index contributed by atoms with van der Waals surface area (Å²) in [5, 5.41) is 12.0. The summed E-state index contributed by atoms with van der Waals surface area (Å²) in [6.07, 6.45) is 5.48. The summed E-state index contributed by atoms with van der Waals surface area (Å²) in [6.45, 7) is 8.03. The zero-order chi connectivity index (χ0) is 13.2. The van der Waals surface area contributed by atoms with Gasteiger partial charge in [-0.3, -0.25) is 9.88 Å². The van der Waals surface area contributed by atoms with E-state index < -0.39 is 0 Å². The lowest BCUT2D eigenvalue weighted by Crippen LogP contribution is -2.25. The van der Waals surface area contributed by atoms with Crippen LogP contribution < -0.4 is 5.32 Å². The summed E-state index contributed by atoms with van der Waals surface area (Å²) in [6, 6.07) is 0. The molecule has 5 heteroatoms. The number of nitrogens with one attached hydrogen (secondary N) is 1. The minimum Gasteiger partial charge on any atom is -0.396 e. The molecule has 0 atom stereocenters. The van der Waals surface area contributed by atoms with Gasteiger partial charge in [0.2, 0.25) is 0 Å². The second-order valence-corrected chi connectivity index (χ2v) is 4.27. The molecule has 18 heavy (non-hydrogen) atoms. The maximum Gasteiger partial charge on any atom is 0.144 e. The number of aromatic nitrogens is 2. The molecule has 1 heterocycles. The molecule has 0 amide bonds. The first kappa shape index (κ1) is 14.9. The Morgan fingerprint density at radius 3 is 2.67 bits per heavy atom. The molecule has 0 aliphatic carbocycles. The Labute approximate surface area is 109 Å². The molecule has 0 aliphatic rings. The fourth-order valence-corrected chi connectivity index (χ4v) is 1.65. The van der Waals surface area contributed by atoms with Gasteiger partial charge in [-0.2, -0.15) is 0 Å². The first-order valence-electron chi connectivity index (χ1n) is 6.68. The normalized spacial score (nSPS) is 10.9. The van der Waals surface area contributed by atoms with Crippen LogP contribution in [0.25, 0.3) is 0 Å². The van der Waals surface area contributed by atoms with E-state index >= 15 is 0 Å². The van der Waals surface area contributed by atoms with Gasteiger partial charge in [-0.1, -0.05) is 13.8 Å². The van der Waals surface area contributed by atoms with Crippen molar-refractivity contribution in [2.45, 2.75) is 33.2 Å². The molecule has 1 rings (SSSR count). The molecule has 0 radical (unpaired) electrons. The van der Waals surface area contributed by atoms with Crippen LogP contribution in [0.4, 0.5) is 5.82 Å². The van der Waals surface area contributed by atoms with Crippen molar-refractivity contribution in [1.29, 1.82) is 0 Å². The third kappa shape index (κ3) is 5.42. The largest absolute Gasteiger partial charge is 0.396 e. The number of rotatable bonds is 9. The summed E-state index contributed by atoms with van der Waals surface area (Å²) in [7, 11) is 0. The molecule has 0 bridgehead atoms. The van der Waals surface area contributed by atoms with E-state index in [0.717, 1.165) is 50.5 Å².